The first-order valence-electron chi connectivity index (χ1n) is 9.49. The fourth-order valence-corrected chi connectivity index (χ4v) is 4.30. The fourth-order valence-electron chi connectivity index (χ4n) is 4.30. The Labute approximate surface area is 161 Å². The predicted molar refractivity (Wildman–Crippen MR) is 109 cm³/mol. The molecule has 28 heavy (non-hydrogen) atoms. The number of benzene rings is 2. The van der Waals surface area contributed by atoms with Gasteiger partial charge in [0, 0.05) is 31.4 Å². The molecule has 0 spiro atoms. The quantitative estimate of drug-likeness (QED) is 0.501. The van der Waals surface area contributed by atoms with Gasteiger partial charge in [0.05, 0.1) is 10.9 Å². The Hall–Kier alpha value is -3.34. The average Bonchev–Trinajstić information content (AvgIpc) is 3.34. The van der Waals surface area contributed by atoms with Crippen molar-refractivity contribution in [2.75, 3.05) is 13.1 Å². The summed E-state index contributed by atoms with van der Waals surface area (Å²) in [7, 11) is 1.84. The second-order valence-electron chi connectivity index (χ2n) is 7.38. The molecule has 3 heterocycles. The Kier molecular flexibility index (Phi) is 3.83. The van der Waals surface area contributed by atoms with E-state index in [1.165, 1.54) is 5.56 Å². The van der Waals surface area contributed by atoms with Crippen molar-refractivity contribution in [1.82, 2.24) is 9.47 Å². The second kappa shape index (κ2) is 6.37. The number of carbonyl (C=O) groups is 1. The van der Waals surface area contributed by atoms with Crippen LogP contribution >= 0.6 is 0 Å². The van der Waals surface area contributed by atoms with Crippen LogP contribution in [0.1, 0.15) is 28.4 Å². The molecule has 1 saturated heterocycles. The molecule has 1 aliphatic heterocycles. The van der Waals surface area contributed by atoms with E-state index in [0.29, 0.717) is 29.1 Å². The zero-order valence-corrected chi connectivity index (χ0v) is 15.6. The first-order valence-corrected chi connectivity index (χ1v) is 9.49. The Balaban J connectivity index is 1.54. The van der Waals surface area contributed by atoms with E-state index in [9.17, 15) is 9.59 Å². The van der Waals surface area contributed by atoms with Gasteiger partial charge in [-0.2, -0.15) is 0 Å². The van der Waals surface area contributed by atoms with Gasteiger partial charge < -0.3 is 13.9 Å². The van der Waals surface area contributed by atoms with Gasteiger partial charge in [0.1, 0.15) is 11.3 Å². The molecule has 1 fully saturated rings. The minimum Gasteiger partial charge on any atom is -0.422 e. The van der Waals surface area contributed by atoms with Crippen molar-refractivity contribution in [3.63, 3.8) is 0 Å². The number of rotatable bonds is 2. The van der Waals surface area contributed by atoms with Crippen LogP contribution in [-0.4, -0.2) is 28.5 Å². The molecule has 5 rings (SSSR count). The zero-order valence-electron chi connectivity index (χ0n) is 15.6. The number of hydrogen-bond donors (Lipinski definition) is 0. The maximum atomic E-state index is 13.2. The highest BCUT2D eigenvalue weighted by molar-refractivity contribution is 6.07. The largest absolute Gasteiger partial charge is 0.422 e. The standard InChI is InChI=1S/C23H20N2O3/c1-24-19(13-18-21(24)17-9-5-6-10-20(17)28-23(18)27)22(26)25-12-11-16(14-25)15-7-3-2-4-8-15/h2-10,13,16H,11-12,14H2,1H3. The van der Waals surface area contributed by atoms with Crippen LogP contribution in [-0.2, 0) is 7.05 Å². The van der Waals surface area contributed by atoms with Crippen molar-refractivity contribution in [2.45, 2.75) is 12.3 Å². The maximum absolute atomic E-state index is 13.2. The number of para-hydroxylation sites is 1. The van der Waals surface area contributed by atoms with Gasteiger partial charge in [-0.05, 0) is 30.2 Å². The molecule has 1 amide bonds. The van der Waals surface area contributed by atoms with Crippen molar-refractivity contribution in [1.29, 1.82) is 0 Å². The number of likely N-dealkylation sites (tertiary alicyclic amines) is 1. The Morgan fingerprint density at radius 2 is 1.79 bits per heavy atom. The van der Waals surface area contributed by atoms with Gasteiger partial charge in [-0.25, -0.2) is 4.79 Å². The molecule has 0 radical (unpaired) electrons. The monoisotopic (exact) mass is 372 g/mol. The lowest BCUT2D eigenvalue weighted by molar-refractivity contribution is 0.0782. The van der Waals surface area contributed by atoms with E-state index in [-0.39, 0.29) is 5.91 Å². The minimum absolute atomic E-state index is 0.0411. The van der Waals surface area contributed by atoms with Gasteiger partial charge in [0.2, 0.25) is 0 Å². The topological polar surface area (TPSA) is 55.5 Å². The maximum Gasteiger partial charge on any atom is 0.345 e. The molecule has 140 valence electrons. The number of amides is 1. The number of nitrogens with zero attached hydrogens (tertiary/aromatic N) is 2. The van der Waals surface area contributed by atoms with Gasteiger partial charge in [-0.15, -0.1) is 0 Å². The Bertz CT molecular complexity index is 1250. The summed E-state index contributed by atoms with van der Waals surface area (Å²) in [5.41, 5.74) is 2.65. The summed E-state index contributed by atoms with van der Waals surface area (Å²) < 4.78 is 7.26. The molecule has 0 N–H and O–H groups in total. The molecule has 2 aromatic heterocycles. The molecule has 1 atom stereocenters. The second-order valence-corrected chi connectivity index (χ2v) is 7.38. The fraction of sp³-hybridized carbons (Fsp3) is 0.217. The van der Waals surface area contributed by atoms with E-state index in [4.69, 9.17) is 4.42 Å². The summed E-state index contributed by atoms with van der Waals surface area (Å²) in [4.78, 5) is 27.6. The van der Waals surface area contributed by atoms with Gasteiger partial charge in [0.25, 0.3) is 5.91 Å². The third kappa shape index (κ3) is 2.54. The normalized spacial score (nSPS) is 16.9. The van der Waals surface area contributed by atoms with E-state index in [1.54, 1.807) is 12.1 Å². The van der Waals surface area contributed by atoms with Gasteiger partial charge in [0.15, 0.2) is 0 Å². The molecular formula is C23H20N2O3. The van der Waals surface area contributed by atoms with Gasteiger partial charge in [-0.1, -0.05) is 42.5 Å². The molecule has 5 heteroatoms. The molecule has 0 saturated carbocycles. The minimum atomic E-state index is -0.410. The van der Waals surface area contributed by atoms with Crippen LogP contribution in [0, 0.1) is 0 Å². The molecule has 1 unspecified atom stereocenters. The van der Waals surface area contributed by atoms with Crippen molar-refractivity contribution in [3.8, 4) is 0 Å². The van der Waals surface area contributed by atoms with Gasteiger partial charge >= 0.3 is 5.63 Å². The number of carbonyl (C=O) groups excluding carboxylic acids is 1. The SMILES string of the molecule is Cn1c(C(=O)N2CCC(c3ccccc3)C2)cc2c(=O)oc3ccccc3c21. The van der Waals surface area contributed by atoms with E-state index >= 15 is 0 Å². The summed E-state index contributed by atoms with van der Waals surface area (Å²) in [6.45, 7) is 1.41. The highest BCUT2D eigenvalue weighted by atomic mass is 16.4. The molecular weight excluding hydrogens is 352 g/mol. The van der Waals surface area contributed by atoms with Crippen LogP contribution in [0.3, 0.4) is 0 Å². The van der Waals surface area contributed by atoms with Crippen LogP contribution in [0.4, 0.5) is 0 Å². The van der Waals surface area contributed by atoms with Crippen molar-refractivity contribution < 1.29 is 9.21 Å². The Morgan fingerprint density at radius 3 is 2.61 bits per heavy atom. The molecule has 0 aliphatic carbocycles. The molecule has 2 aromatic carbocycles. The van der Waals surface area contributed by atoms with Gasteiger partial charge in [-0.3, -0.25) is 4.79 Å². The smallest absolute Gasteiger partial charge is 0.345 e. The summed E-state index contributed by atoms with van der Waals surface area (Å²) in [6.07, 6.45) is 0.949. The number of hydrogen-bond acceptors (Lipinski definition) is 3. The van der Waals surface area contributed by atoms with Crippen LogP contribution in [0.25, 0.3) is 21.9 Å². The summed E-state index contributed by atoms with van der Waals surface area (Å²) in [5, 5.41) is 1.28. The lowest BCUT2D eigenvalue weighted by Crippen LogP contribution is -2.29. The Morgan fingerprint density at radius 1 is 1.04 bits per heavy atom. The lowest BCUT2D eigenvalue weighted by atomic mass is 9.99. The van der Waals surface area contributed by atoms with E-state index < -0.39 is 5.63 Å². The number of aryl methyl sites for hydroxylation is 1. The van der Waals surface area contributed by atoms with E-state index in [1.807, 2.05) is 52.9 Å². The predicted octanol–water partition coefficient (Wildman–Crippen LogP) is 3.91. The third-order valence-electron chi connectivity index (χ3n) is 5.76. The van der Waals surface area contributed by atoms with E-state index in [0.717, 1.165) is 23.9 Å². The number of fused-ring (bicyclic) bond motifs is 3. The first kappa shape index (κ1) is 16.8. The van der Waals surface area contributed by atoms with Crippen LogP contribution in [0.15, 0.2) is 69.9 Å². The summed E-state index contributed by atoms with van der Waals surface area (Å²) in [5.74, 6) is 0.311. The molecule has 5 nitrogen and oxygen atoms in total. The number of aromatic nitrogens is 1. The van der Waals surface area contributed by atoms with Crippen LogP contribution < -0.4 is 5.63 Å². The van der Waals surface area contributed by atoms with Crippen LogP contribution in [0.2, 0.25) is 0 Å². The summed E-state index contributed by atoms with van der Waals surface area (Å²) >= 11 is 0. The lowest BCUT2D eigenvalue weighted by Gasteiger charge is -2.17. The highest BCUT2D eigenvalue weighted by Gasteiger charge is 2.30. The molecule has 1 aliphatic rings. The molecule has 0 bridgehead atoms. The molecule has 4 aromatic rings. The summed E-state index contributed by atoms with van der Waals surface area (Å²) in [6, 6.07) is 19.4. The van der Waals surface area contributed by atoms with E-state index in [2.05, 4.69) is 12.1 Å². The highest BCUT2D eigenvalue weighted by Crippen LogP contribution is 2.30. The third-order valence-corrected chi connectivity index (χ3v) is 5.76. The van der Waals surface area contributed by atoms with Crippen molar-refractivity contribution in [2.24, 2.45) is 7.05 Å². The zero-order chi connectivity index (χ0) is 19.3. The average molecular weight is 372 g/mol. The van der Waals surface area contributed by atoms with Crippen LogP contribution in [0.5, 0.6) is 0 Å². The first-order chi connectivity index (χ1) is 13.6. The van der Waals surface area contributed by atoms with Crippen molar-refractivity contribution >= 4 is 27.8 Å². The van der Waals surface area contributed by atoms with Crippen molar-refractivity contribution in [3.05, 3.63) is 82.3 Å².